The number of benzene rings is 2. The van der Waals surface area contributed by atoms with Crippen molar-refractivity contribution in [2.75, 3.05) is 0 Å². The van der Waals surface area contributed by atoms with E-state index in [1.807, 2.05) is 6.07 Å². The molecule has 2 nitrogen and oxygen atoms in total. The molecule has 0 aromatic heterocycles. The lowest BCUT2D eigenvalue weighted by Gasteiger charge is -2.11. The van der Waals surface area contributed by atoms with Crippen molar-refractivity contribution < 1.29 is 22.3 Å². The van der Waals surface area contributed by atoms with Crippen molar-refractivity contribution in [3.05, 3.63) is 57.8 Å². The molecular formula is C14H6BrF4NO. The van der Waals surface area contributed by atoms with Crippen LogP contribution < -0.4 is 4.74 Å². The average molecular weight is 360 g/mol. The standard InChI is InChI=1S/C14H6BrF4NO/c15-9-3-8(7-20)4-11(5-9)21-10-1-2-13(16)12(6-10)14(17,18)19/h1-6H. The van der Waals surface area contributed by atoms with Crippen LogP contribution in [0.2, 0.25) is 0 Å². The van der Waals surface area contributed by atoms with Gasteiger partial charge < -0.3 is 4.74 Å². The van der Waals surface area contributed by atoms with Crippen LogP contribution in [-0.2, 0) is 6.18 Å². The van der Waals surface area contributed by atoms with Crippen LogP contribution in [0.4, 0.5) is 17.6 Å². The van der Waals surface area contributed by atoms with Crippen LogP contribution in [0.25, 0.3) is 0 Å². The molecule has 0 heterocycles. The van der Waals surface area contributed by atoms with Crippen LogP contribution in [0.1, 0.15) is 11.1 Å². The second-order valence-corrected chi connectivity index (χ2v) is 4.94. The number of nitrogens with zero attached hydrogens (tertiary/aromatic N) is 1. The van der Waals surface area contributed by atoms with Crippen LogP contribution >= 0.6 is 15.9 Å². The van der Waals surface area contributed by atoms with Gasteiger partial charge in [0.2, 0.25) is 0 Å². The molecule has 0 bridgehead atoms. The maximum atomic E-state index is 13.2. The van der Waals surface area contributed by atoms with E-state index >= 15 is 0 Å². The SMILES string of the molecule is N#Cc1cc(Br)cc(Oc2ccc(F)c(C(F)(F)F)c2)c1. The Kier molecular flexibility index (Phi) is 4.19. The van der Waals surface area contributed by atoms with Crippen LogP contribution in [0.3, 0.4) is 0 Å². The maximum absolute atomic E-state index is 13.2. The van der Waals surface area contributed by atoms with Gasteiger partial charge in [-0.3, -0.25) is 0 Å². The van der Waals surface area contributed by atoms with E-state index in [2.05, 4.69) is 15.9 Å². The first-order valence-corrected chi connectivity index (χ1v) is 6.34. The topological polar surface area (TPSA) is 33.0 Å². The number of rotatable bonds is 2. The Morgan fingerprint density at radius 3 is 2.38 bits per heavy atom. The molecule has 0 amide bonds. The van der Waals surface area contributed by atoms with Gasteiger partial charge >= 0.3 is 6.18 Å². The molecular weight excluding hydrogens is 354 g/mol. The fourth-order valence-electron chi connectivity index (χ4n) is 1.61. The molecule has 0 aliphatic rings. The summed E-state index contributed by atoms with van der Waals surface area (Å²) in [7, 11) is 0. The van der Waals surface area contributed by atoms with Gasteiger partial charge in [-0.2, -0.15) is 18.4 Å². The molecule has 0 aliphatic heterocycles. The Morgan fingerprint density at radius 1 is 1.05 bits per heavy atom. The lowest BCUT2D eigenvalue weighted by atomic mass is 10.2. The highest BCUT2D eigenvalue weighted by molar-refractivity contribution is 9.10. The van der Waals surface area contributed by atoms with E-state index in [1.54, 1.807) is 0 Å². The predicted octanol–water partition coefficient (Wildman–Crippen LogP) is 5.27. The second kappa shape index (κ2) is 5.74. The third kappa shape index (κ3) is 3.73. The van der Waals surface area contributed by atoms with Crippen LogP contribution in [0.15, 0.2) is 40.9 Å². The van der Waals surface area contributed by atoms with E-state index in [1.165, 1.54) is 18.2 Å². The molecule has 0 fully saturated rings. The summed E-state index contributed by atoms with van der Waals surface area (Å²) in [5.74, 6) is -1.38. The predicted molar refractivity (Wildman–Crippen MR) is 70.3 cm³/mol. The maximum Gasteiger partial charge on any atom is 0.419 e. The monoisotopic (exact) mass is 359 g/mol. The zero-order chi connectivity index (χ0) is 15.6. The van der Waals surface area contributed by atoms with Crippen molar-refractivity contribution >= 4 is 15.9 Å². The fourth-order valence-corrected chi connectivity index (χ4v) is 2.08. The molecule has 0 unspecified atom stereocenters. The molecule has 108 valence electrons. The molecule has 21 heavy (non-hydrogen) atoms. The van der Waals surface area contributed by atoms with Gasteiger partial charge in [0.25, 0.3) is 0 Å². The summed E-state index contributed by atoms with van der Waals surface area (Å²) in [6, 6.07) is 8.60. The molecule has 2 aromatic rings. The summed E-state index contributed by atoms with van der Waals surface area (Å²) in [6.07, 6.45) is -4.81. The van der Waals surface area contributed by atoms with Crippen LogP contribution in [0, 0.1) is 17.1 Å². The summed E-state index contributed by atoms with van der Waals surface area (Å²) in [5.41, 5.74) is -1.13. The van der Waals surface area contributed by atoms with Crippen molar-refractivity contribution in [2.45, 2.75) is 6.18 Å². The summed E-state index contributed by atoms with van der Waals surface area (Å²) in [6.45, 7) is 0. The average Bonchev–Trinajstić information content (AvgIpc) is 2.39. The third-order valence-electron chi connectivity index (χ3n) is 2.48. The minimum Gasteiger partial charge on any atom is -0.457 e. The normalized spacial score (nSPS) is 11.0. The van der Waals surface area contributed by atoms with E-state index in [-0.39, 0.29) is 17.1 Å². The first-order valence-electron chi connectivity index (χ1n) is 5.55. The number of hydrogen-bond donors (Lipinski definition) is 0. The second-order valence-electron chi connectivity index (χ2n) is 4.03. The Morgan fingerprint density at radius 2 is 1.76 bits per heavy atom. The smallest absolute Gasteiger partial charge is 0.419 e. The minimum atomic E-state index is -4.81. The third-order valence-corrected chi connectivity index (χ3v) is 2.94. The molecule has 0 saturated heterocycles. The van der Waals surface area contributed by atoms with Crippen molar-refractivity contribution in [1.82, 2.24) is 0 Å². The zero-order valence-corrected chi connectivity index (χ0v) is 11.8. The Hall–Kier alpha value is -2.07. The molecule has 0 atom stereocenters. The van der Waals surface area contributed by atoms with Crippen LogP contribution in [-0.4, -0.2) is 0 Å². The molecule has 7 heteroatoms. The van der Waals surface area contributed by atoms with Gasteiger partial charge in [-0.15, -0.1) is 0 Å². The molecule has 0 saturated carbocycles. The van der Waals surface area contributed by atoms with Crippen molar-refractivity contribution in [1.29, 1.82) is 5.26 Å². The van der Waals surface area contributed by atoms with E-state index in [0.717, 1.165) is 6.07 Å². The molecule has 2 aromatic carbocycles. The first-order chi connectivity index (χ1) is 9.79. The van der Waals surface area contributed by atoms with Gasteiger partial charge in [0.05, 0.1) is 17.2 Å². The quantitative estimate of drug-likeness (QED) is 0.684. The van der Waals surface area contributed by atoms with Gasteiger partial charge in [0.1, 0.15) is 17.3 Å². The summed E-state index contributed by atoms with van der Waals surface area (Å²) >= 11 is 3.15. The van der Waals surface area contributed by atoms with Crippen molar-refractivity contribution in [2.24, 2.45) is 0 Å². The van der Waals surface area contributed by atoms with E-state index in [4.69, 9.17) is 10.00 Å². The lowest BCUT2D eigenvalue weighted by Crippen LogP contribution is -2.08. The van der Waals surface area contributed by atoms with Crippen molar-refractivity contribution in [3.63, 3.8) is 0 Å². The fraction of sp³-hybridized carbons (Fsp3) is 0.0714. The van der Waals surface area contributed by atoms with Gasteiger partial charge in [-0.25, -0.2) is 4.39 Å². The number of hydrogen-bond acceptors (Lipinski definition) is 2. The summed E-state index contributed by atoms with van der Waals surface area (Å²) in [4.78, 5) is 0. The lowest BCUT2D eigenvalue weighted by molar-refractivity contribution is -0.140. The number of ether oxygens (including phenoxy) is 1. The van der Waals surface area contributed by atoms with E-state index in [0.29, 0.717) is 16.6 Å². The molecule has 2 rings (SSSR count). The number of nitriles is 1. The van der Waals surface area contributed by atoms with Gasteiger partial charge in [-0.1, -0.05) is 15.9 Å². The van der Waals surface area contributed by atoms with Crippen LogP contribution in [0.5, 0.6) is 11.5 Å². The van der Waals surface area contributed by atoms with Gasteiger partial charge in [-0.05, 0) is 36.4 Å². The Labute approximate surface area is 125 Å². The minimum absolute atomic E-state index is 0.167. The first kappa shape index (κ1) is 15.3. The summed E-state index contributed by atoms with van der Waals surface area (Å²) in [5, 5.41) is 8.82. The molecule has 0 N–H and O–H groups in total. The molecule has 0 radical (unpaired) electrons. The van der Waals surface area contributed by atoms with E-state index in [9.17, 15) is 17.6 Å². The zero-order valence-electron chi connectivity index (χ0n) is 10.2. The highest BCUT2D eigenvalue weighted by atomic mass is 79.9. The highest BCUT2D eigenvalue weighted by Crippen LogP contribution is 2.35. The largest absolute Gasteiger partial charge is 0.457 e. The Balaban J connectivity index is 2.37. The van der Waals surface area contributed by atoms with Gasteiger partial charge in [0, 0.05) is 4.47 Å². The number of halogens is 5. The summed E-state index contributed by atoms with van der Waals surface area (Å²) < 4.78 is 56.8. The molecule has 0 aliphatic carbocycles. The Bertz CT molecular complexity index is 722. The van der Waals surface area contributed by atoms with E-state index < -0.39 is 17.6 Å². The molecule has 0 spiro atoms. The van der Waals surface area contributed by atoms with Gasteiger partial charge in [0.15, 0.2) is 0 Å². The highest BCUT2D eigenvalue weighted by Gasteiger charge is 2.34. The van der Waals surface area contributed by atoms with Crippen molar-refractivity contribution in [3.8, 4) is 17.6 Å². The number of alkyl halides is 3.